The highest BCUT2D eigenvalue weighted by Gasteiger charge is 2.28. The molecular formula is C15H21NO3. The van der Waals surface area contributed by atoms with Crippen LogP contribution in [-0.2, 0) is 9.47 Å². The average molecular weight is 263 g/mol. The number of rotatable bonds is 4. The van der Waals surface area contributed by atoms with Gasteiger partial charge in [0.1, 0.15) is 0 Å². The third kappa shape index (κ3) is 3.78. The monoisotopic (exact) mass is 263 g/mol. The predicted octanol–water partition coefficient (Wildman–Crippen LogP) is 2.27. The summed E-state index contributed by atoms with van der Waals surface area (Å²) in [6.45, 7) is 5.85. The summed E-state index contributed by atoms with van der Waals surface area (Å²) in [5, 5.41) is 2.91. The Morgan fingerprint density at radius 3 is 2.68 bits per heavy atom. The molecule has 4 nitrogen and oxygen atoms in total. The van der Waals surface area contributed by atoms with Crippen LogP contribution < -0.4 is 5.32 Å². The number of amides is 1. The molecule has 1 saturated heterocycles. The Morgan fingerprint density at radius 1 is 1.32 bits per heavy atom. The summed E-state index contributed by atoms with van der Waals surface area (Å²) < 4.78 is 11.2. The molecule has 104 valence electrons. The van der Waals surface area contributed by atoms with Crippen molar-refractivity contribution in [1.82, 2.24) is 5.32 Å². The van der Waals surface area contributed by atoms with E-state index in [1.165, 1.54) is 0 Å². The maximum Gasteiger partial charge on any atom is 0.251 e. The molecular weight excluding hydrogens is 242 g/mol. The molecule has 1 aliphatic rings. The SMILES string of the molecule is Cc1ccccc1C(=O)NCCC1(C)OCCCO1. The largest absolute Gasteiger partial charge is 0.352 e. The number of hydrogen-bond donors (Lipinski definition) is 1. The fourth-order valence-electron chi connectivity index (χ4n) is 2.15. The van der Waals surface area contributed by atoms with Gasteiger partial charge in [0.2, 0.25) is 0 Å². The minimum Gasteiger partial charge on any atom is -0.352 e. The molecule has 0 atom stereocenters. The number of aryl methyl sites for hydroxylation is 1. The van der Waals surface area contributed by atoms with E-state index in [0.717, 1.165) is 30.8 Å². The van der Waals surface area contributed by atoms with Gasteiger partial charge in [-0.3, -0.25) is 4.79 Å². The third-order valence-corrected chi connectivity index (χ3v) is 3.36. The second-order valence-electron chi connectivity index (χ2n) is 5.01. The van der Waals surface area contributed by atoms with E-state index in [1.807, 2.05) is 38.1 Å². The van der Waals surface area contributed by atoms with Crippen molar-refractivity contribution in [3.05, 3.63) is 35.4 Å². The first-order valence-electron chi connectivity index (χ1n) is 6.72. The number of nitrogens with one attached hydrogen (secondary N) is 1. The summed E-state index contributed by atoms with van der Waals surface area (Å²) >= 11 is 0. The minimum atomic E-state index is -0.558. The molecule has 1 heterocycles. The van der Waals surface area contributed by atoms with E-state index in [0.29, 0.717) is 13.0 Å². The molecule has 1 N–H and O–H groups in total. The number of benzene rings is 1. The van der Waals surface area contributed by atoms with Crippen molar-refractivity contribution in [2.75, 3.05) is 19.8 Å². The van der Waals surface area contributed by atoms with E-state index in [1.54, 1.807) is 0 Å². The Labute approximate surface area is 114 Å². The zero-order valence-corrected chi connectivity index (χ0v) is 11.6. The van der Waals surface area contributed by atoms with Crippen LogP contribution in [0.2, 0.25) is 0 Å². The van der Waals surface area contributed by atoms with E-state index >= 15 is 0 Å². The van der Waals surface area contributed by atoms with Crippen molar-refractivity contribution in [2.45, 2.75) is 32.5 Å². The molecule has 2 rings (SSSR count). The van der Waals surface area contributed by atoms with Gasteiger partial charge in [0, 0.05) is 18.5 Å². The molecule has 0 aliphatic carbocycles. The van der Waals surface area contributed by atoms with Crippen LogP contribution in [-0.4, -0.2) is 31.5 Å². The summed E-state index contributed by atoms with van der Waals surface area (Å²) in [5.41, 5.74) is 1.70. The molecule has 1 aromatic rings. The highest BCUT2D eigenvalue weighted by atomic mass is 16.7. The fourth-order valence-corrected chi connectivity index (χ4v) is 2.15. The number of hydrogen-bond acceptors (Lipinski definition) is 3. The van der Waals surface area contributed by atoms with Crippen LogP contribution in [0.5, 0.6) is 0 Å². The van der Waals surface area contributed by atoms with Crippen molar-refractivity contribution in [3.8, 4) is 0 Å². The number of ether oxygens (including phenoxy) is 2. The Kier molecular flexibility index (Phi) is 4.56. The van der Waals surface area contributed by atoms with Crippen LogP contribution in [0.25, 0.3) is 0 Å². The van der Waals surface area contributed by atoms with Crippen molar-refractivity contribution >= 4 is 5.91 Å². The van der Waals surface area contributed by atoms with E-state index in [4.69, 9.17) is 9.47 Å². The zero-order valence-electron chi connectivity index (χ0n) is 11.6. The second kappa shape index (κ2) is 6.17. The predicted molar refractivity (Wildman–Crippen MR) is 73.1 cm³/mol. The van der Waals surface area contributed by atoms with Crippen molar-refractivity contribution in [3.63, 3.8) is 0 Å². The zero-order chi connectivity index (χ0) is 13.7. The summed E-state index contributed by atoms with van der Waals surface area (Å²) in [6, 6.07) is 7.57. The standard InChI is InChI=1S/C15H21NO3/c1-12-6-3-4-7-13(12)14(17)16-9-8-15(2)18-10-5-11-19-15/h3-4,6-7H,5,8-11H2,1-2H3,(H,16,17). The maximum atomic E-state index is 12.0. The highest BCUT2D eigenvalue weighted by molar-refractivity contribution is 5.95. The van der Waals surface area contributed by atoms with Gasteiger partial charge in [0.25, 0.3) is 5.91 Å². The first kappa shape index (κ1) is 14.0. The molecule has 1 aliphatic heterocycles. The molecule has 1 amide bonds. The molecule has 0 unspecified atom stereocenters. The van der Waals surface area contributed by atoms with E-state index < -0.39 is 5.79 Å². The van der Waals surface area contributed by atoms with E-state index in [9.17, 15) is 4.79 Å². The van der Waals surface area contributed by atoms with Gasteiger partial charge in [0.15, 0.2) is 5.79 Å². The summed E-state index contributed by atoms with van der Waals surface area (Å²) in [7, 11) is 0. The molecule has 0 bridgehead atoms. The third-order valence-electron chi connectivity index (χ3n) is 3.36. The first-order chi connectivity index (χ1) is 9.11. The van der Waals surface area contributed by atoms with Gasteiger partial charge in [-0.25, -0.2) is 0 Å². The Hall–Kier alpha value is -1.39. The average Bonchev–Trinajstić information content (AvgIpc) is 2.39. The van der Waals surface area contributed by atoms with Gasteiger partial charge in [-0.2, -0.15) is 0 Å². The molecule has 1 aromatic carbocycles. The Balaban J connectivity index is 1.82. The van der Waals surface area contributed by atoms with Gasteiger partial charge in [-0.15, -0.1) is 0 Å². The van der Waals surface area contributed by atoms with Crippen molar-refractivity contribution < 1.29 is 14.3 Å². The number of carbonyl (C=O) groups is 1. The van der Waals surface area contributed by atoms with Gasteiger partial charge < -0.3 is 14.8 Å². The van der Waals surface area contributed by atoms with Gasteiger partial charge >= 0.3 is 0 Å². The molecule has 4 heteroatoms. The first-order valence-corrected chi connectivity index (χ1v) is 6.72. The summed E-state index contributed by atoms with van der Waals surface area (Å²) in [5.74, 6) is -0.602. The lowest BCUT2D eigenvalue weighted by molar-refractivity contribution is -0.257. The van der Waals surface area contributed by atoms with Crippen LogP contribution in [0.3, 0.4) is 0 Å². The lowest BCUT2D eigenvalue weighted by atomic mass is 10.1. The van der Waals surface area contributed by atoms with Crippen LogP contribution in [0.4, 0.5) is 0 Å². The normalized spacial score (nSPS) is 18.0. The molecule has 0 spiro atoms. The Bertz CT molecular complexity index is 439. The lowest BCUT2D eigenvalue weighted by Crippen LogP contribution is -2.41. The topological polar surface area (TPSA) is 47.6 Å². The molecule has 0 saturated carbocycles. The van der Waals surface area contributed by atoms with Crippen molar-refractivity contribution in [2.24, 2.45) is 0 Å². The summed E-state index contributed by atoms with van der Waals surface area (Å²) in [6.07, 6.45) is 1.59. The number of carbonyl (C=O) groups excluding carboxylic acids is 1. The van der Waals surface area contributed by atoms with Crippen LogP contribution in [0, 0.1) is 6.92 Å². The van der Waals surface area contributed by atoms with Crippen molar-refractivity contribution in [1.29, 1.82) is 0 Å². The highest BCUT2D eigenvalue weighted by Crippen LogP contribution is 2.21. The molecule has 0 radical (unpaired) electrons. The van der Waals surface area contributed by atoms with Crippen LogP contribution in [0.1, 0.15) is 35.7 Å². The summed E-state index contributed by atoms with van der Waals surface area (Å²) in [4.78, 5) is 12.0. The Morgan fingerprint density at radius 2 is 2.00 bits per heavy atom. The van der Waals surface area contributed by atoms with Crippen LogP contribution >= 0.6 is 0 Å². The van der Waals surface area contributed by atoms with E-state index in [2.05, 4.69) is 5.32 Å². The molecule has 1 fully saturated rings. The molecule has 0 aromatic heterocycles. The lowest BCUT2D eigenvalue weighted by Gasteiger charge is -2.33. The quantitative estimate of drug-likeness (QED) is 0.906. The molecule has 19 heavy (non-hydrogen) atoms. The smallest absolute Gasteiger partial charge is 0.251 e. The minimum absolute atomic E-state index is 0.0440. The van der Waals surface area contributed by atoms with Crippen LogP contribution in [0.15, 0.2) is 24.3 Å². The maximum absolute atomic E-state index is 12.0. The van der Waals surface area contributed by atoms with E-state index in [-0.39, 0.29) is 5.91 Å². The van der Waals surface area contributed by atoms with Gasteiger partial charge in [-0.1, -0.05) is 18.2 Å². The van der Waals surface area contributed by atoms with Gasteiger partial charge in [0.05, 0.1) is 13.2 Å². The fraction of sp³-hybridized carbons (Fsp3) is 0.533. The second-order valence-corrected chi connectivity index (χ2v) is 5.01. The van der Waals surface area contributed by atoms with Gasteiger partial charge in [-0.05, 0) is 31.9 Å².